The Kier molecular flexibility index (Phi) is 36.1. The maximum atomic E-state index is 9.58. The van der Waals surface area contributed by atoms with Gasteiger partial charge in [0.2, 0.25) is 0 Å². The molecule has 0 heterocycles. The van der Waals surface area contributed by atoms with E-state index in [1.807, 2.05) is 0 Å². The SMILES string of the molecule is O[Si](O)(O)O[Si](O)(O)O.O[Si](O)(O)O[Si](O)(O)O.O[Si](O)(O)O[Si](O)(O)O.[Li+].[Li+].[Li+].[Li+].[O-][Si]([O-])([O-])O[Si]([O-])(O)O. The quantitative estimate of drug-likeness (QED) is 0.103. The molecule has 0 radical (unpaired) electrons. The van der Waals surface area contributed by atoms with Crippen molar-refractivity contribution in [1.29, 1.82) is 0 Å². The van der Waals surface area contributed by atoms with Crippen LogP contribution in [0.3, 0.4) is 0 Å². The summed E-state index contributed by atoms with van der Waals surface area (Å²) < 4.78 is 12.5. The normalized spacial score (nSPS) is 12.6. The van der Waals surface area contributed by atoms with Gasteiger partial charge in [-0.15, -0.1) is 9.05 Å². The number of hydrogen-bond donors (Lipinski definition) is 20. The van der Waals surface area contributed by atoms with Gasteiger partial charge in [0.25, 0.3) is 0 Å². The third-order valence-electron chi connectivity index (χ3n) is 1.08. The van der Waals surface area contributed by atoms with Crippen molar-refractivity contribution in [2.24, 2.45) is 0 Å². The van der Waals surface area contributed by atoms with E-state index in [4.69, 9.17) is 95.9 Å². The Hall–Kier alpha value is 3.00. The van der Waals surface area contributed by atoms with Crippen LogP contribution in [0.15, 0.2) is 0 Å². The van der Waals surface area contributed by atoms with Gasteiger partial charge in [0.05, 0.1) is 0 Å². The minimum absolute atomic E-state index is 0. The van der Waals surface area contributed by atoms with E-state index in [-0.39, 0.29) is 75.4 Å². The van der Waals surface area contributed by atoms with Crippen molar-refractivity contribution in [2.45, 2.75) is 0 Å². The van der Waals surface area contributed by atoms with Crippen LogP contribution in [0, 0.1) is 0 Å². The average molecular weight is 721 g/mol. The Labute approximate surface area is 277 Å². The Bertz CT molecular complexity index is 411. The molecular weight excluding hydrogens is 700 g/mol. The average Bonchev–Trinajstić information content (AvgIpc) is 2.19. The molecular formula is H20Li4O28Si8. The van der Waals surface area contributed by atoms with Gasteiger partial charge in [-0.25, -0.2) is 0 Å². The van der Waals surface area contributed by atoms with Gasteiger partial charge in [-0.1, -0.05) is 0 Å². The van der Waals surface area contributed by atoms with Gasteiger partial charge in [-0.05, 0) is 0 Å². The Morgan fingerprint density at radius 2 is 0.400 bits per heavy atom. The van der Waals surface area contributed by atoms with Gasteiger partial charge < -0.3 is 132 Å². The second kappa shape index (κ2) is 23.3. The fraction of sp³-hybridized carbons (Fsp3) is 0. The van der Waals surface area contributed by atoms with Crippen molar-refractivity contribution in [1.82, 2.24) is 0 Å². The Balaban J connectivity index is -0.0000000551. The molecule has 40 heavy (non-hydrogen) atoms. The summed E-state index contributed by atoms with van der Waals surface area (Å²) in [5.74, 6) is 0. The molecule has 0 aliphatic rings. The van der Waals surface area contributed by atoms with Crippen molar-refractivity contribution in [3.05, 3.63) is 0 Å². The summed E-state index contributed by atoms with van der Waals surface area (Å²) in [6.07, 6.45) is 0. The molecule has 0 saturated heterocycles. The van der Waals surface area contributed by atoms with Crippen molar-refractivity contribution in [3.63, 3.8) is 0 Å². The van der Waals surface area contributed by atoms with Gasteiger partial charge >= 0.3 is 139 Å². The third kappa shape index (κ3) is 90.0. The minimum Gasteiger partial charge on any atom is -0.862 e. The van der Waals surface area contributed by atoms with E-state index in [1.54, 1.807) is 0 Å². The van der Waals surface area contributed by atoms with Gasteiger partial charge in [0, 0.05) is 0 Å². The van der Waals surface area contributed by atoms with Crippen molar-refractivity contribution < 1.29 is 207 Å². The summed E-state index contributed by atoms with van der Waals surface area (Å²) in [5.41, 5.74) is 0. The molecule has 0 aliphatic heterocycles. The monoisotopic (exact) mass is 720 g/mol. The van der Waals surface area contributed by atoms with E-state index in [0.717, 1.165) is 0 Å². The van der Waals surface area contributed by atoms with E-state index in [9.17, 15) is 19.2 Å². The van der Waals surface area contributed by atoms with Crippen LogP contribution in [-0.2, 0) is 16.5 Å². The van der Waals surface area contributed by atoms with E-state index >= 15 is 0 Å². The fourth-order valence-corrected chi connectivity index (χ4v) is 6.43. The van der Waals surface area contributed by atoms with Crippen LogP contribution in [-0.4, -0.2) is 168 Å². The third-order valence-corrected chi connectivity index (χ3v) is 9.72. The number of hydrogen-bond acceptors (Lipinski definition) is 28. The van der Waals surface area contributed by atoms with Crippen LogP contribution in [0.1, 0.15) is 0 Å². The molecule has 0 unspecified atom stereocenters. The summed E-state index contributed by atoms with van der Waals surface area (Å²) in [6.45, 7) is 0. The van der Waals surface area contributed by atoms with Gasteiger partial charge in [-0.3, -0.25) is 0 Å². The molecule has 0 spiro atoms. The maximum absolute atomic E-state index is 9.58. The second-order valence-corrected chi connectivity index (χ2v) is 17.1. The summed E-state index contributed by atoms with van der Waals surface area (Å²) in [6, 6.07) is 0. The van der Waals surface area contributed by atoms with Crippen molar-refractivity contribution in [3.8, 4) is 0 Å². The molecule has 20 N–H and O–H groups in total. The molecule has 0 amide bonds. The molecule has 0 aromatic heterocycles. The summed E-state index contributed by atoms with van der Waals surface area (Å²) in [5, 5.41) is 0. The predicted octanol–water partition coefficient (Wildman–Crippen LogP) is -31.2. The van der Waals surface area contributed by atoms with Crippen LogP contribution in [0.2, 0.25) is 0 Å². The Morgan fingerprint density at radius 1 is 0.275 bits per heavy atom. The van der Waals surface area contributed by atoms with Gasteiger partial charge in [0.1, 0.15) is 0 Å². The van der Waals surface area contributed by atoms with E-state index in [2.05, 4.69) is 16.5 Å². The first kappa shape index (κ1) is 61.9. The maximum Gasteiger partial charge on any atom is 1.00 e. The molecule has 40 heteroatoms. The first-order valence-corrected chi connectivity index (χ1v) is 20.8. The van der Waals surface area contributed by atoms with E-state index in [1.165, 1.54) is 0 Å². The van der Waals surface area contributed by atoms with Crippen LogP contribution in [0.25, 0.3) is 0 Å². The first-order valence-electron chi connectivity index (χ1n) is 6.92. The summed E-state index contributed by atoms with van der Waals surface area (Å²) in [7, 11) is -41.1. The molecule has 0 rings (SSSR count). The van der Waals surface area contributed by atoms with Crippen LogP contribution < -0.4 is 94.6 Å². The number of rotatable bonds is 8. The molecule has 0 aromatic rings. The molecule has 0 atom stereocenters. The molecule has 224 valence electrons. The molecule has 0 aliphatic carbocycles. The minimum atomic E-state index is -5.79. The molecule has 0 fully saturated rings. The van der Waals surface area contributed by atoms with Crippen LogP contribution in [0.5, 0.6) is 0 Å². The van der Waals surface area contributed by atoms with E-state index in [0.29, 0.717) is 0 Å². The first-order chi connectivity index (χ1) is 14.8. The largest absolute Gasteiger partial charge is 1.00 e. The second-order valence-electron chi connectivity index (χ2n) is 4.90. The smallest absolute Gasteiger partial charge is 0.862 e. The summed E-state index contributed by atoms with van der Waals surface area (Å²) >= 11 is 0. The van der Waals surface area contributed by atoms with Crippen molar-refractivity contribution >= 4 is 72.4 Å². The van der Waals surface area contributed by atoms with E-state index < -0.39 is 72.4 Å². The predicted molar refractivity (Wildman–Crippen MR) is 94.7 cm³/mol. The fourth-order valence-electron chi connectivity index (χ4n) is 0.714. The van der Waals surface area contributed by atoms with Crippen LogP contribution in [0.4, 0.5) is 0 Å². The molecule has 0 saturated carbocycles. The molecule has 28 nitrogen and oxygen atoms in total. The van der Waals surface area contributed by atoms with Gasteiger partial charge in [0.15, 0.2) is 0 Å². The van der Waals surface area contributed by atoms with Crippen LogP contribution >= 0.6 is 0 Å². The summed E-state index contributed by atoms with van der Waals surface area (Å²) in [4.78, 5) is 196. The zero-order valence-corrected chi connectivity index (χ0v) is 28.2. The standard InChI is InChI=1S/4Li.3H6O7Si2.H2O7Si2/c;;;;4*1-8(2,3)7-9(4,5)6/h;;;;3*1-6H;1-2H/q4*+1;;;;-4. The van der Waals surface area contributed by atoms with Gasteiger partial charge in [-0.2, -0.15) is 0 Å². The van der Waals surface area contributed by atoms with Crippen molar-refractivity contribution in [2.75, 3.05) is 0 Å². The molecule has 0 aromatic carbocycles. The Morgan fingerprint density at radius 3 is 0.400 bits per heavy atom. The topological polar surface area (TPSA) is 534 Å². The zero-order valence-electron chi connectivity index (χ0n) is 20.2. The zero-order chi connectivity index (χ0) is 30.8. The molecule has 0 bridgehead atoms.